The highest BCUT2D eigenvalue weighted by Crippen LogP contribution is 2.35. The molecule has 1 amide bonds. The number of nitrogens with one attached hydrogen (secondary N) is 1. The van der Waals surface area contributed by atoms with E-state index in [2.05, 4.69) is 9.97 Å². The Hall–Kier alpha value is -3.43. The lowest BCUT2D eigenvalue weighted by atomic mass is 10.2. The fourth-order valence-electron chi connectivity index (χ4n) is 3.00. The van der Waals surface area contributed by atoms with Crippen molar-refractivity contribution in [2.75, 3.05) is 14.2 Å². The number of benzene rings is 2. The molecule has 0 saturated carbocycles. The van der Waals surface area contributed by atoms with Crippen molar-refractivity contribution in [3.8, 4) is 11.5 Å². The van der Waals surface area contributed by atoms with Crippen molar-refractivity contribution in [3.63, 3.8) is 0 Å². The number of carbonyl (C=O) groups excluding carboxylic acids is 1. The molecule has 1 aromatic heterocycles. The smallest absolute Gasteiger partial charge is 0.274 e. The molecule has 4 rings (SSSR count). The van der Waals surface area contributed by atoms with E-state index in [0.29, 0.717) is 31.8 Å². The van der Waals surface area contributed by atoms with Crippen molar-refractivity contribution in [2.24, 2.45) is 0 Å². The molecule has 0 atom stereocenters. The van der Waals surface area contributed by atoms with Gasteiger partial charge in [0.15, 0.2) is 15.8 Å². The Labute approximate surface area is 187 Å². The molecule has 3 aromatic rings. The van der Waals surface area contributed by atoms with Gasteiger partial charge >= 0.3 is 0 Å². The maximum Gasteiger partial charge on any atom is 0.274 e. The third-order valence-electron chi connectivity index (χ3n) is 4.54. The number of fused-ring (bicyclic) bond motifs is 1. The number of thioether (sulfide) groups is 1. The second-order valence-electron chi connectivity index (χ2n) is 6.45. The van der Waals surface area contributed by atoms with Crippen molar-refractivity contribution in [1.82, 2.24) is 14.9 Å². The van der Waals surface area contributed by atoms with Crippen LogP contribution in [0.15, 0.2) is 58.4 Å². The first-order valence-corrected chi connectivity index (χ1v) is 10.4. The molecule has 1 saturated heterocycles. The lowest BCUT2D eigenvalue weighted by Crippen LogP contribution is -2.22. The molecule has 0 spiro atoms. The van der Waals surface area contributed by atoms with Gasteiger partial charge in [0.25, 0.3) is 11.5 Å². The van der Waals surface area contributed by atoms with Gasteiger partial charge in [-0.1, -0.05) is 42.2 Å². The lowest BCUT2D eigenvalue weighted by molar-refractivity contribution is -0.120. The highest BCUT2D eigenvalue weighted by molar-refractivity contribution is 8.26. The van der Waals surface area contributed by atoms with Crippen LogP contribution in [0.3, 0.4) is 0 Å². The summed E-state index contributed by atoms with van der Waals surface area (Å²) in [5.41, 5.74) is 1.92. The second kappa shape index (κ2) is 8.75. The Morgan fingerprint density at radius 2 is 1.87 bits per heavy atom. The van der Waals surface area contributed by atoms with Gasteiger partial charge in [-0.15, -0.1) is 0 Å². The molecular weight excluding hydrogens is 434 g/mol. The van der Waals surface area contributed by atoms with Crippen LogP contribution in [-0.4, -0.2) is 39.3 Å². The van der Waals surface area contributed by atoms with E-state index in [4.69, 9.17) is 21.7 Å². The summed E-state index contributed by atoms with van der Waals surface area (Å²) >= 11 is 6.53. The second-order valence-corrected chi connectivity index (χ2v) is 8.13. The number of aromatic nitrogens is 2. The maximum atomic E-state index is 12.9. The fraction of sp³-hybridized carbons (Fsp3) is 0.0909. The molecular formula is C22H17N3O4S2. The van der Waals surface area contributed by atoms with Crippen LogP contribution in [0, 0.1) is 0 Å². The Morgan fingerprint density at radius 3 is 2.65 bits per heavy atom. The van der Waals surface area contributed by atoms with E-state index in [1.807, 2.05) is 18.2 Å². The van der Waals surface area contributed by atoms with Gasteiger partial charge < -0.3 is 14.5 Å². The van der Waals surface area contributed by atoms with E-state index in [9.17, 15) is 9.59 Å². The third-order valence-corrected chi connectivity index (χ3v) is 5.87. The van der Waals surface area contributed by atoms with Gasteiger partial charge in [0.2, 0.25) is 0 Å². The minimum Gasteiger partial charge on any atom is -0.493 e. The molecule has 0 radical (unpaired) electrons. The summed E-state index contributed by atoms with van der Waals surface area (Å²) in [6, 6.07) is 12.6. The lowest BCUT2D eigenvalue weighted by Gasteiger charge is -2.08. The molecule has 2 heterocycles. The van der Waals surface area contributed by atoms with Gasteiger partial charge in [0.05, 0.1) is 30.2 Å². The molecule has 9 heteroatoms. The van der Waals surface area contributed by atoms with E-state index in [0.717, 1.165) is 5.56 Å². The number of aromatic amines is 1. The SMILES string of the molecule is COc1ccc(C=C2SC(=S)N(C=Cc3nc4ccccc4[nH]c3=O)C2=O)cc1OC. The van der Waals surface area contributed by atoms with Gasteiger partial charge in [-0.05, 0) is 42.0 Å². The number of ether oxygens (including phenoxy) is 2. The van der Waals surface area contributed by atoms with Crippen molar-refractivity contribution in [1.29, 1.82) is 0 Å². The number of amides is 1. The van der Waals surface area contributed by atoms with Gasteiger partial charge in [0, 0.05) is 6.20 Å². The van der Waals surface area contributed by atoms with Crippen LogP contribution in [0.25, 0.3) is 23.2 Å². The highest BCUT2D eigenvalue weighted by atomic mass is 32.2. The molecule has 156 valence electrons. The van der Waals surface area contributed by atoms with E-state index >= 15 is 0 Å². The van der Waals surface area contributed by atoms with Crippen LogP contribution >= 0.6 is 24.0 Å². The van der Waals surface area contributed by atoms with Crippen molar-refractivity contribution in [3.05, 3.63) is 75.2 Å². The molecule has 7 nitrogen and oxygen atoms in total. The fourth-order valence-corrected chi connectivity index (χ4v) is 4.23. The Morgan fingerprint density at radius 1 is 1.10 bits per heavy atom. The average molecular weight is 452 g/mol. The number of nitrogens with zero attached hydrogens (tertiary/aromatic N) is 2. The van der Waals surface area contributed by atoms with E-state index in [1.165, 1.54) is 28.9 Å². The number of thiocarbonyl (C=S) groups is 1. The van der Waals surface area contributed by atoms with Crippen LogP contribution in [-0.2, 0) is 4.79 Å². The summed E-state index contributed by atoms with van der Waals surface area (Å²) in [5, 5.41) is 0. The van der Waals surface area contributed by atoms with Crippen molar-refractivity contribution < 1.29 is 14.3 Å². The number of carbonyl (C=O) groups is 1. The molecule has 1 aliphatic rings. The Bertz CT molecular complexity index is 1310. The standard InChI is InChI=1S/C22H17N3O4S2/c1-28-17-8-7-13(11-18(17)29-2)12-19-21(27)25(22(30)31-19)10-9-16-20(26)24-15-6-4-3-5-14(15)23-16/h3-12H,1-2H3,(H,24,26). The average Bonchev–Trinajstić information content (AvgIpc) is 3.04. The van der Waals surface area contributed by atoms with Crippen molar-refractivity contribution >= 4 is 57.4 Å². The molecule has 31 heavy (non-hydrogen) atoms. The number of rotatable bonds is 5. The number of para-hydroxylation sites is 2. The van der Waals surface area contributed by atoms with Gasteiger partial charge in [0.1, 0.15) is 5.69 Å². The minimum atomic E-state index is -0.346. The molecule has 1 aliphatic heterocycles. The maximum absolute atomic E-state index is 12.9. The first-order chi connectivity index (χ1) is 15.0. The quantitative estimate of drug-likeness (QED) is 0.466. The van der Waals surface area contributed by atoms with Crippen LogP contribution in [0.1, 0.15) is 11.3 Å². The molecule has 0 unspecified atom stereocenters. The molecule has 0 aliphatic carbocycles. The topological polar surface area (TPSA) is 84.5 Å². The summed E-state index contributed by atoms with van der Waals surface area (Å²) < 4.78 is 10.9. The summed E-state index contributed by atoms with van der Waals surface area (Å²) in [5.74, 6) is 0.884. The van der Waals surface area contributed by atoms with Crippen LogP contribution in [0.4, 0.5) is 0 Å². The monoisotopic (exact) mass is 451 g/mol. The molecule has 1 N–H and O–H groups in total. The van der Waals surface area contributed by atoms with Gasteiger partial charge in [-0.2, -0.15) is 0 Å². The van der Waals surface area contributed by atoms with E-state index < -0.39 is 0 Å². The Balaban J connectivity index is 1.60. The zero-order valence-corrected chi connectivity index (χ0v) is 18.3. The highest BCUT2D eigenvalue weighted by Gasteiger charge is 2.30. The third kappa shape index (κ3) is 4.23. The molecule has 1 fully saturated rings. The number of hydrogen-bond acceptors (Lipinski definition) is 7. The summed E-state index contributed by atoms with van der Waals surface area (Å²) in [6.07, 6.45) is 4.69. The van der Waals surface area contributed by atoms with E-state index in [-0.39, 0.29) is 17.2 Å². The number of hydrogen-bond donors (Lipinski definition) is 1. The van der Waals surface area contributed by atoms with Gasteiger partial charge in [-0.3, -0.25) is 14.5 Å². The predicted octanol–water partition coefficient (Wildman–Crippen LogP) is 3.81. The molecule has 2 aromatic carbocycles. The van der Waals surface area contributed by atoms with Crippen molar-refractivity contribution in [2.45, 2.75) is 0 Å². The molecule has 0 bridgehead atoms. The Kier molecular flexibility index (Phi) is 5.88. The number of H-pyrrole nitrogens is 1. The number of methoxy groups -OCH3 is 2. The van der Waals surface area contributed by atoms with Crippen LogP contribution < -0.4 is 15.0 Å². The van der Waals surface area contributed by atoms with Gasteiger partial charge in [-0.25, -0.2) is 4.98 Å². The summed E-state index contributed by atoms with van der Waals surface area (Å²) in [6.45, 7) is 0. The summed E-state index contributed by atoms with van der Waals surface area (Å²) in [4.78, 5) is 34.0. The predicted molar refractivity (Wildman–Crippen MR) is 126 cm³/mol. The van der Waals surface area contributed by atoms with E-state index in [1.54, 1.807) is 44.6 Å². The summed E-state index contributed by atoms with van der Waals surface area (Å²) in [7, 11) is 3.11. The largest absolute Gasteiger partial charge is 0.493 e. The van der Waals surface area contributed by atoms with Crippen LogP contribution in [0.2, 0.25) is 0 Å². The van der Waals surface area contributed by atoms with Crippen LogP contribution in [0.5, 0.6) is 11.5 Å². The normalized spacial score (nSPS) is 15.4. The zero-order valence-electron chi connectivity index (χ0n) is 16.6. The first kappa shape index (κ1) is 20.8. The first-order valence-electron chi connectivity index (χ1n) is 9.16. The minimum absolute atomic E-state index is 0.191. The zero-order chi connectivity index (χ0) is 22.0.